The van der Waals surface area contributed by atoms with E-state index in [1.807, 2.05) is 0 Å². The van der Waals surface area contributed by atoms with Crippen LogP contribution in [0.15, 0.2) is 36.5 Å². The minimum Gasteiger partial charge on any atom is -0.478 e. The first-order valence-corrected chi connectivity index (χ1v) is 9.98. The van der Waals surface area contributed by atoms with Crippen molar-refractivity contribution in [2.75, 3.05) is 32.0 Å². The Morgan fingerprint density at radius 3 is 2.53 bits per heavy atom. The van der Waals surface area contributed by atoms with Crippen LogP contribution in [0.3, 0.4) is 0 Å². The van der Waals surface area contributed by atoms with Crippen LogP contribution in [0.25, 0.3) is 11.1 Å². The Labute approximate surface area is 188 Å². The highest BCUT2D eigenvalue weighted by molar-refractivity contribution is 5.94. The van der Waals surface area contributed by atoms with Crippen molar-refractivity contribution in [2.24, 2.45) is 5.92 Å². The molecule has 0 radical (unpaired) electrons. The van der Waals surface area contributed by atoms with E-state index in [0.717, 1.165) is 49.6 Å². The van der Waals surface area contributed by atoms with Crippen LogP contribution in [-0.4, -0.2) is 53.3 Å². The second-order valence-electron chi connectivity index (χ2n) is 8.37. The van der Waals surface area contributed by atoms with Gasteiger partial charge < -0.3 is 15.6 Å². The van der Waals surface area contributed by atoms with Gasteiger partial charge in [-0.3, -0.25) is 4.90 Å². The van der Waals surface area contributed by atoms with E-state index in [2.05, 4.69) is 34.1 Å². The number of hydrogen-bond donors (Lipinski definition) is 2. The third-order valence-corrected chi connectivity index (χ3v) is 6.82. The molecule has 2 aromatic rings. The molecule has 0 amide bonds. The predicted octanol–water partition coefficient (Wildman–Crippen LogP) is 3.62. The zero-order chi connectivity index (χ0) is 19.3. The van der Waals surface area contributed by atoms with Crippen LogP contribution in [0.2, 0.25) is 0 Å². The lowest BCUT2D eigenvalue weighted by Gasteiger charge is -2.33. The number of hydrogen-bond acceptors (Lipinski definition) is 5. The van der Waals surface area contributed by atoms with Crippen molar-refractivity contribution in [3.8, 4) is 11.1 Å². The highest BCUT2D eigenvalue weighted by Crippen LogP contribution is 2.59. The Morgan fingerprint density at radius 2 is 1.87 bits per heavy atom. The Kier molecular flexibility index (Phi) is 6.63. The van der Waals surface area contributed by atoms with E-state index in [9.17, 15) is 9.90 Å². The summed E-state index contributed by atoms with van der Waals surface area (Å²) in [5, 5.41) is 9.26. The van der Waals surface area contributed by atoms with Crippen LogP contribution < -0.4 is 5.73 Å². The van der Waals surface area contributed by atoms with Gasteiger partial charge in [-0.1, -0.05) is 24.3 Å². The van der Waals surface area contributed by atoms with Gasteiger partial charge in [-0.05, 0) is 42.4 Å². The molecule has 2 saturated heterocycles. The maximum atomic E-state index is 11.3. The van der Waals surface area contributed by atoms with E-state index in [0.29, 0.717) is 11.5 Å². The van der Waals surface area contributed by atoms with Crippen molar-refractivity contribution in [1.82, 2.24) is 9.88 Å². The number of aromatic carboxylic acids is 1. The van der Waals surface area contributed by atoms with Gasteiger partial charge in [-0.2, -0.15) is 0 Å². The maximum Gasteiger partial charge on any atom is 0.339 e. The monoisotopic (exact) mass is 451 g/mol. The third kappa shape index (κ3) is 3.89. The fourth-order valence-corrected chi connectivity index (χ4v) is 5.10. The molecule has 30 heavy (non-hydrogen) atoms. The molecule has 3 fully saturated rings. The second kappa shape index (κ2) is 8.71. The van der Waals surface area contributed by atoms with Gasteiger partial charge in [0.25, 0.3) is 0 Å². The van der Waals surface area contributed by atoms with Gasteiger partial charge >= 0.3 is 5.97 Å². The average molecular weight is 452 g/mol. The molecule has 2 atom stereocenters. The number of nitrogen functional groups attached to an aromatic ring is 1. The third-order valence-electron chi connectivity index (χ3n) is 6.82. The van der Waals surface area contributed by atoms with Crippen LogP contribution in [0.1, 0.15) is 35.2 Å². The first-order chi connectivity index (χ1) is 13.6. The fraction of sp³-hybridized carbons (Fsp3) is 0.455. The molecule has 3 heterocycles. The van der Waals surface area contributed by atoms with Crippen molar-refractivity contribution in [3.05, 3.63) is 47.7 Å². The summed E-state index contributed by atoms with van der Waals surface area (Å²) in [5.41, 5.74) is 9.16. The molecule has 1 saturated carbocycles. The summed E-state index contributed by atoms with van der Waals surface area (Å²) in [5.74, 6) is -0.243. The number of aromatic nitrogens is 1. The molecule has 1 aromatic carbocycles. The maximum absolute atomic E-state index is 11.3. The predicted molar refractivity (Wildman–Crippen MR) is 121 cm³/mol. The standard InChI is InChI=1S/C22H25N3O3.2ClH/c23-20-19(21(26)27)9-15(11-24-20)14-1-3-16(4-2-14)22-10-17(22)12-25(13-22)18-5-7-28-8-6-18;;/h1-4,9,11,17-18H,5-8,10,12-13H2,(H2,23,24)(H,26,27);2*1H/t17-,22+;;/m1../s1. The number of piperidine rings is 1. The van der Waals surface area contributed by atoms with Crippen molar-refractivity contribution in [2.45, 2.75) is 30.7 Å². The smallest absolute Gasteiger partial charge is 0.339 e. The van der Waals surface area contributed by atoms with Crippen molar-refractivity contribution >= 4 is 36.6 Å². The number of pyridine rings is 1. The Balaban J connectivity index is 0.00000128. The number of carbonyl (C=O) groups is 1. The summed E-state index contributed by atoms with van der Waals surface area (Å²) in [6, 6.07) is 10.8. The molecule has 3 N–H and O–H groups in total. The molecule has 1 aromatic heterocycles. The minimum atomic E-state index is -1.05. The van der Waals surface area contributed by atoms with E-state index >= 15 is 0 Å². The number of anilines is 1. The number of benzene rings is 1. The average Bonchev–Trinajstić information content (AvgIpc) is 3.30. The number of carboxylic acids is 1. The number of nitrogens with zero attached hydrogens (tertiary/aromatic N) is 2. The highest BCUT2D eigenvalue weighted by Gasteiger charge is 2.61. The quantitative estimate of drug-likeness (QED) is 0.737. The second-order valence-corrected chi connectivity index (χ2v) is 8.37. The molecule has 162 valence electrons. The summed E-state index contributed by atoms with van der Waals surface area (Å²) >= 11 is 0. The summed E-state index contributed by atoms with van der Waals surface area (Å²) in [7, 11) is 0. The van der Waals surface area contributed by atoms with E-state index < -0.39 is 5.97 Å². The Hall–Kier alpha value is -1.86. The molecule has 6 nitrogen and oxygen atoms in total. The van der Waals surface area contributed by atoms with Gasteiger partial charge in [0, 0.05) is 49.5 Å². The Bertz CT molecular complexity index is 918. The first kappa shape index (κ1) is 22.8. The van der Waals surface area contributed by atoms with Crippen LogP contribution in [-0.2, 0) is 10.2 Å². The van der Waals surface area contributed by atoms with Crippen LogP contribution in [0, 0.1) is 5.92 Å². The molecular weight excluding hydrogens is 425 g/mol. The van der Waals surface area contributed by atoms with Crippen molar-refractivity contribution in [1.29, 1.82) is 0 Å². The number of rotatable bonds is 4. The number of carboxylic acid groups (broad SMARTS) is 1. The lowest BCUT2D eigenvalue weighted by Crippen LogP contribution is -2.40. The first-order valence-electron chi connectivity index (χ1n) is 9.98. The summed E-state index contributed by atoms with van der Waals surface area (Å²) in [4.78, 5) is 18.0. The zero-order valence-electron chi connectivity index (χ0n) is 16.6. The van der Waals surface area contributed by atoms with E-state index in [1.165, 1.54) is 18.5 Å². The normalized spacial score (nSPS) is 25.7. The van der Waals surface area contributed by atoms with Gasteiger partial charge in [-0.15, -0.1) is 24.8 Å². The molecule has 1 aliphatic carbocycles. The lowest BCUT2D eigenvalue weighted by molar-refractivity contribution is 0.0378. The molecule has 0 spiro atoms. The molecule has 5 rings (SSSR count). The topological polar surface area (TPSA) is 88.7 Å². The van der Waals surface area contributed by atoms with Gasteiger partial charge in [0.2, 0.25) is 0 Å². The van der Waals surface area contributed by atoms with Gasteiger partial charge in [-0.25, -0.2) is 9.78 Å². The molecule has 0 unspecified atom stereocenters. The van der Waals surface area contributed by atoms with Gasteiger partial charge in [0.1, 0.15) is 11.4 Å². The Morgan fingerprint density at radius 1 is 1.17 bits per heavy atom. The summed E-state index contributed by atoms with van der Waals surface area (Å²) in [6.45, 7) is 4.13. The number of fused-ring (bicyclic) bond motifs is 1. The van der Waals surface area contributed by atoms with E-state index in [4.69, 9.17) is 10.5 Å². The molecule has 0 bridgehead atoms. The largest absolute Gasteiger partial charge is 0.478 e. The molecule has 3 aliphatic rings. The van der Waals surface area contributed by atoms with Crippen LogP contribution >= 0.6 is 24.8 Å². The lowest BCUT2D eigenvalue weighted by atomic mass is 9.92. The fourth-order valence-electron chi connectivity index (χ4n) is 5.10. The zero-order valence-corrected chi connectivity index (χ0v) is 18.3. The minimum absolute atomic E-state index is 0. The number of likely N-dealkylation sites (tertiary alicyclic amines) is 1. The number of halogens is 2. The van der Waals surface area contributed by atoms with Crippen molar-refractivity contribution in [3.63, 3.8) is 0 Å². The van der Waals surface area contributed by atoms with Gasteiger partial charge in [0.05, 0.1) is 0 Å². The van der Waals surface area contributed by atoms with E-state index in [-0.39, 0.29) is 36.2 Å². The molecule has 8 heteroatoms. The van der Waals surface area contributed by atoms with E-state index in [1.54, 1.807) is 12.3 Å². The molecular formula is C22H27Cl2N3O3. The highest BCUT2D eigenvalue weighted by atomic mass is 35.5. The molecule has 2 aliphatic heterocycles. The van der Waals surface area contributed by atoms with Crippen LogP contribution in [0.4, 0.5) is 5.82 Å². The number of nitrogens with two attached hydrogens (primary N) is 1. The number of ether oxygens (including phenoxy) is 1. The summed E-state index contributed by atoms with van der Waals surface area (Å²) < 4.78 is 5.52. The van der Waals surface area contributed by atoms with Crippen molar-refractivity contribution < 1.29 is 14.6 Å². The summed E-state index contributed by atoms with van der Waals surface area (Å²) in [6.07, 6.45) is 5.21. The van der Waals surface area contributed by atoms with Crippen LogP contribution in [0.5, 0.6) is 0 Å². The SMILES string of the molecule is Cl.Cl.Nc1ncc(-c2ccc([C@@]34C[C@@H]3CN(C3CCOCC3)C4)cc2)cc1C(=O)O. The van der Waals surface area contributed by atoms with Gasteiger partial charge in [0.15, 0.2) is 0 Å².